The summed E-state index contributed by atoms with van der Waals surface area (Å²) >= 11 is 6.07. The first-order valence-corrected chi connectivity index (χ1v) is 11.3. The Morgan fingerprint density at radius 2 is 1.66 bits per heavy atom. The second-order valence-electron chi connectivity index (χ2n) is 8.09. The highest BCUT2D eigenvalue weighted by molar-refractivity contribution is 7.80. The predicted octanol–water partition coefficient (Wildman–Crippen LogP) is 5.41. The Labute approximate surface area is 194 Å². The molecule has 0 aliphatic carbocycles. The number of fused-ring (bicyclic) bond motifs is 3. The highest BCUT2D eigenvalue weighted by atomic mass is 32.1. The molecule has 3 aromatic carbocycles. The summed E-state index contributed by atoms with van der Waals surface area (Å²) in [4.78, 5) is 3.26. The van der Waals surface area contributed by atoms with Crippen molar-refractivity contribution in [3.63, 3.8) is 0 Å². The first-order chi connectivity index (χ1) is 15.7. The highest BCUT2D eigenvalue weighted by Crippen LogP contribution is 2.33. The number of para-hydroxylation sites is 1. The van der Waals surface area contributed by atoms with Crippen molar-refractivity contribution in [3.05, 3.63) is 101 Å². The molecule has 2 heterocycles. The second kappa shape index (κ2) is 9.15. The zero-order valence-electron chi connectivity index (χ0n) is 18.2. The molecule has 4 nitrogen and oxygen atoms in total. The summed E-state index contributed by atoms with van der Waals surface area (Å²) in [6.07, 6.45) is 0.993. The lowest BCUT2D eigenvalue weighted by Gasteiger charge is -2.31. The molecule has 0 N–H and O–H groups in total. The second-order valence-corrected chi connectivity index (χ2v) is 8.48. The van der Waals surface area contributed by atoms with E-state index >= 15 is 0 Å². The van der Waals surface area contributed by atoms with Crippen LogP contribution in [0.25, 0.3) is 10.9 Å². The van der Waals surface area contributed by atoms with E-state index in [9.17, 15) is 0 Å². The summed E-state index contributed by atoms with van der Waals surface area (Å²) < 4.78 is 13.1. The van der Waals surface area contributed by atoms with Crippen molar-refractivity contribution >= 4 is 28.1 Å². The van der Waals surface area contributed by atoms with Gasteiger partial charge in [0.05, 0.1) is 5.69 Å². The fraction of sp³-hybridized carbons (Fsp3) is 0.222. The maximum absolute atomic E-state index is 6.07. The SMILES string of the molecule is COCOc1cccc(Cn2c3c(c4ccccc42)CCN(Cc2ccccc2)C3=S)c1. The Kier molecular flexibility index (Phi) is 5.93. The lowest BCUT2D eigenvalue weighted by atomic mass is 10.0. The number of nitrogens with zero attached hydrogens (tertiary/aromatic N) is 2. The van der Waals surface area contributed by atoms with Gasteiger partial charge in [0.15, 0.2) is 6.79 Å². The first kappa shape index (κ1) is 20.7. The van der Waals surface area contributed by atoms with Crippen LogP contribution in [0.15, 0.2) is 78.9 Å². The molecule has 162 valence electrons. The molecule has 32 heavy (non-hydrogen) atoms. The molecule has 0 saturated heterocycles. The van der Waals surface area contributed by atoms with Crippen molar-refractivity contribution in [3.8, 4) is 5.75 Å². The summed E-state index contributed by atoms with van der Waals surface area (Å²) in [5.41, 5.74) is 6.21. The van der Waals surface area contributed by atoms with Crippen LogP contribution in [-0.4, -0.2) is 34.9 Å². The Morgan fingerprint density at radius 1 is 0.875 bits per heavy atom. The first-order valence-electron chi connectivity index (χ1n) is 10.9. The molecule has 0 unspecified atom stereocenters. The van der Waals surface area contributed by atoms with Gasteiger partial charge in [0.1, 0.15) is 10.7 Å². The van der Waals surface area contributed by atoms with Crippen molar-refractivity contribution in [2.75, 3.05) is 20.4 Å². The minimum Gasteiger partial charge on any atom is -0.468 e. The molecule has 1 aliphatic heterocycles. The number of benzene rings is 3. The van der Waals surface area contributed by atoms with Crippen LogP contribution < -0.4 is 4.74 Å². The van der Waals surface area contributed by atoms with Crippen molar-refractivity contribution in [2.24, 2.45) is 0 Å². The van der Waals surface area contributed by atoms with E-state index in [1.165, 1.54) is 33.3 Å². The lowest BCUT2D eigenvalue weighted by molar-refractivity contribution is 0.0511. The van der Waals surface area contributed by atoms with Crippen LogP contribution in [0, 0.1) is 0 Å². The molecule has 5 heteroatoms. The molecule has 0 bridgehead atoms. The quantitative estimate of drug-likeness (QED) is 0.283. The Bertz CT molecular complexity index is 1250. The molecule has 0 fully saturated rings. The molecule has 0 saturated carbocycles. The van der Waals surface area contributed by atoms with E-state index in [1.807, 2.05) is 12.1 Å². The summed E-state index contributed by atoms with van der Waals surface area (Å²) in [5.74, 6) is 0.808. The summed E-state index contributed by atoms with van der Waals surface area (Å²) in [6, 6.07) is 27.4. The summed E-state index contributed by atoms with van der Waals surface area (Å²) in [7, 11) is 1.63. The van der Waals surface area contributed by atoms with Gasteiger partial charge in [-0.2, -0.15) is 0 Å². The summed E-state index contributed by atoms with van der Waals surface area (Å²) in [6.45, 7) is 2.75. The van der Waals surface area contributed by atoms with E-state index in [0.29, 0.717) is 0 Å². The fourth-order valence-corrected chi connectivity index (χ4v) is 4.92. The van der Waals surface area contributed by atoms with Crippen molar-refractivity contribution in [1.82, 2.24) is 9.47 Å². The predicted molar refractivity (Wildman–Crippen MR) is 132 cm³/mol. The number of hydrogen-bond acceptors (Lipinski definition) is 3. The van der Waals surface area contributed by atoms with Crippen LogP contribution in [-0.2, 0) is 24.2 Å². The minimum absolute atomic E-state index is 0.240. The van der Waals surface area contributed by atoms with E-state index in [1.54, 1.807) is 7.11 Å². The largest absolute Gasteiger partial charge is 0.468 e. The maximum Gasteiger partial charge on any atom is 0.188 e. The lowest BCUT2D eigenvalue weighted by Crippen LogP contribution is -2.37. The van der Waals surface area contributed by atoms with E-state index in [4.69, 9.17) is 21.7 Å². The average Bonchev–Trinajstić information content (AvgIpc) is 3.15. The highest BCUT2D eigenvalue weighted by Gasteiger charge is 2.28. The van der Waals surface area contributed by atoms with Crippen LogP contribution >= 0.6 is 12.2 Å². The van der Waals surface area contributed by atoms with Gasteiger partial charge in [-0.3, -0.25) is 0 Å². The third kappa shape index (κ3) is 4.01. The Balaban J connectivity index is 1.52. The molecular formula is C27H26N2O2S. The molecule has 0 spiro atoms. The van der Waals surface area contributed by atoms with Gasteiger partial charge < -0.3 is 18.9 Å². The summed E-state index contributed by atoms with van der Waals surface area (Å²) in [5, 5.41) is 1.30. The monoisotopic (exact) mass is 442 g/mol. The smallest absolute Gasteiger partial charge is 0.188 e. The number of aromatic nitrogens is 1. The number of ether oxygens (including phenoxy) is 2. The van der Waals surface area contributed by atoms with Crippen LogP contribution in [0.2, 0.25) is 0 Å². The zero-order valence-corrected chi connectivity index (χ0v) is 19.0. The van der Waals surface area contributed by atoms with Gasteiger partial charge in [-0.25, -0.2) is 0 Å². The van der Waals surface area contributed by atoms with Crippen molar-refractivity contribution < 1.29 is 9.47 Å². The van der Waals surface area contributed by atoms with E-state index in [-0.39, 0.29) is 6.79 Å². The molecule has 0 radical (unpaired) electrons. The number of methoxy groups -OCH3 is 1. The molecule has 1 aliphatic rings. The number of rotatable bonds is 7. The molecule has 4 aromatic rings. The third-order valence-electron chi connectivity index (χ3n) is 6.00. The minimum atomic E-state index is 0.240. The van der Waals surface area contributed by atoms with E-state index in [2.05, 4.69) is 76.2 Å². The van der Waals surface area contributed by atoms with Crippen LogP contribution in [0.3, 0.4) is 0 Å². The van der Waals surface area contributed by atoms with Gasteiger partial charge in [-0.1, -0.05) is 72.9 Å². The molecule has 0 amide bonds. The number of thiocarbonyl (C=S) groups is 1. The number of hydrogen-bond donors (Lipinski definition) is 0. The molecular weight excluding hydrogens is 416 g/mol. The van der Waals surface area contributed by atoms with Crippen LogP contribution in [0.4, 0.5) is 0 Å². The van der Waals surface area contributed by atoms with Gasteiger partial charge >= 0.3 is 0 Å². The van der Waals surface area contributed by atoms with Gasteiger partial charge in [0.2, 0.25) is 0 Å². The third-order valence-corrected chi connectivity index (χ3v) is 6.45. The van der Waals surface area contributed by atoms with Crippen molar-refractivity contribution in [2.45, 2.75) is 19.5 Å². The van der Waals surface area contributed by atoms with Gasteiger partial charge in [-0.15, -0.1) is 0 Å². The average molecular weight is 443 g/mol. The van der Waals surface area contributed by atoms with Crippen molar-refractivity contribution in [1.29, 1.82) is 0 Å². The Hall–Kier alpha value is -3.15. The van der Waals surface area contributed by atoms with Crippen LogP contribution in [0.1, 0.15) is 22.4 Å². The fourth-order valence-electron chi connectivity index (χ4n) is 4.53. The maximum atomic E-state index is 6.07. The molecule has 1 aromatic heterocycles. The normalized spacial score (nSPS) is 13.4. The molecule has 0 atom stereocenters. The van der Waals surface area contributed by atoms with Gasteiger partial charge in [-0.05, 0) is 41.3 Å². The topological polar surface area (TPSA) is 26.6 Å². The zero-order chi connectivity index (χ0) is 21.9. The van der Waals surface area contributed by atoms with Crippen LogP contribution in [0.5, 0.6) is 5.75 Å². The standard InChI is InChI=1S/C27H26N2O2S/c1-30-19-31-22-11-7-10-21(16-22)18-29-25-13-6-5-12-23(25)24-14-15-28(27(32)26(24)29)17-20-8-3-2-4-9-20/h2-13,16H,14-15,17-19H2,1H3. The van der Waals surface area contributed by atoms with Gasteiger partial charge in [0, 0.05) is 37.6 Å². The molecule has 5 rings (SSSR count). The van der Waals surface area contributed by atoms with Gasteiger partial charge in [0.25, 0.3) is 0 Å². The van der Waals surface area contributed by atoms with E-state index < -0.39 is 0 Å². The Morgan fingerprint density at radius 3 is 2.50 bits per heavy atom. The van der Waals surface area contributed by atoms with E-state index in [0.717, 1.165) is 36.8 Å².